The van der Waals surface area contributed by atoms with Crippen LogP contribution in [0.5, 0.6) is 0 Å². The van der Waals surface area contributed by atoms with E-state index in [1.54, 1.807) is 36.4 Å². The number of anilines is 3. The molecule has 0 atom stereocenters. The van der Waals surface area contributed by atoms with Gasteiger partial charge in [0.25, 0.3) is 5.91 Å². The highest BCUT2D eigenvalue weighted by Crippen LogP contribution is 2.17. The Labute approximate surface area is 146 Å². The molecule has 0 fully saturated rings. The van der Waals surface area contributed by atoms with Crippen LogP contribution >= 0.6 is 15.9 Å². The Balaban J connectivity index is 1.66. The van der Waals surface area contributed by atoms with Gasteiger partial charge in [-0.05, 0) is 60.7 Å². The summed E-state index contributed by atoms with van der Waals surface area (Å²) in [4.78, 5) is 16.4. The van der Waals surface area contributed by atoms with Crippen LogP contribution in [0.3, 0.4) is 0 Å². The summed E-state index contributed by atoms with van der Waals surface area (Å²) >= 11 is 3.35. The minimum absolute atomic E-state index is 0.238. The van der Waals surface area contributed by atoms with Crippen LogP contribution < -0.4 is 10.6 Å². The van der Waals surface area contributed by atoms with Gasteiger partial charge in [-0.1, -0.05) is 15.9 Å². The van der Waals surface area contributed by atoms with Crippen molar-refractivity contribution < 1.29 is 9.18 Å². The zero-order valence-electron chi connectivity index (χ0n) is 12.5. The summed E-state index contributed by atoms with van der Waals surface area (Å²) in [6, 6.07) is 16.6. The maximum Gasteiger partial charge on any atom is 0.257 e. The van der Waals surface area contributed by atoms with Gasteiger partial charge in [0, 0.05) is 22.0 Å². The molecule has 0 aliphatic rings. The van der Waals surface area contributed by atoms with E-state index in [0.717, 1.165) is 10.2 Å². The Morgan fingerprint density at radius 3 is 2.21 bits per heavy atom. The normalized spacial score (nSPS) is 10.2. The van der Waals surface area contributed by atoms with Gasteiger partial charge in [-0.25, -0.2) is 9.37 Å². The number of aromatic nitrogens is 1. The SMILES string of the molecule is O=C(Nc1ccc(Br)cc1)c1ccc(Nc2ccc(F)cc2)nc1. The average molecular weight is 386 g/mol. The van der Waals surface area contributed by atoms with Crippen LogP contribution in [0.4, 0.5) is 21.6 Å². The molecule has 0 saturated carbocycles. The van der Waals surface area contributed by atoms with Crippen molar-refractivity contribution in [1.82, 2.24) is 4.98 Å². The van der Waals surface area contributed by atoms with Gasteiger partial charge >= 0.3 is 0 Å². The quantitative estimate of drug-likeness (QED) is 0.665. The number of carbonyl (C=O) groups is 1. The maximum absolute atomic E-state index is 12.9. The molecule has 0 spiro atoms. The molecule has 1 heterocycles. The summed E-state index contributed by atoms with van der Waals surface area (Å²) in [7, 11) is 0. The van der Waals surface area contributed by atoms with E-state index in [1.165, 1.54) is 18.3 Å². The van der Waals surface area contributed by atoms with E-state index in [2.05, 4.69) is 31.5 Å². The second kappa shape index (κ2) is 7.23. The van der Waals surface area contributed by atoms with Crippen molar-refractivity contribution >= 4 is 39.0 Å². The maximum atomic E-state index is 12.9. The minimum atomic E-state index is -0.298. The molecule has 3 aromatic rings. The molecule has 1 aromatic heterocycles. The van der Waals surface area contributed by atoms with Gasteiger partial charge in [-0.3, -0.25) is 4.79 Å². The van der Waals surface area contributed by atoms with Crippen molar-refractivity contribution in [2.45, 2.75) is 0 Å². The minimum Gasteiger partial charge on any atom is -0.340 e. The third-order valence-corrected chi connectivity index (χ3v) is 3.77. The fourth-order valence-electron chi connectivity index (χ4n) is 2.02. The highest BCUT2D eigenvalue weighted by Gasteiger charge is 2.07. The van der Waals surface area contributed by atoms with Gasteiger partial charge in [0.1, 0.15) is 11.6 Å². The number of hydrogen-bond acceptors (Lipinski definition) is 3. The number of carbonyl (C=O) groups excluding carboxylic acids is 1. The molecule has 3 rings (SSSR count). The number of amides is 1. The fraction of sp³-hybridized carbons (Fsp3) is 0. The molecule has 4 nitrogen and oxygen atoms in total. The van der Waals surface area contributed by atoms with Crippen molar-refractivity contribution in [3.8, 4) is 0 Å². The standard InChI is InChI=1S/C18H13BrFN3O/c19-13-2-6-16(7-3-13)23-18(24)12-1-10-17(21-11-12)22-15-8-4-14(20)5-9-15/h1-11H,(H,21,22)(H,23,24). The van der Waals surface area contributed by atoms with Crippen molar-refractivity contribution in [3.05, 3.63) is 82.7 Å². The fourth-order valence-corrected chi connectivity index (χ4v) is 2.28. The van der Waals surface area contributed by atoms with Gasteiger partial charge in [-0.15, -0.1) is 0 Å². The van der Waals surface area contributed by atoms with Crippen LogP contribution in [-0.4, -0.2) is 10.9 Å². The van der Waals surface area contributed by atoms with Crippen molar-refractivity contribution in [2.24, 2.45) is 0 Å². The molecule has 6 heteroatoms. The average Bonchev–Trinajstić information content (AvgIpc) is 2.59. The monoisotopic (exact) mass is 385 g/mol. The number of rotatable bonds is 4. The van der Waals surface area contributed by atoms with Crippen LogP contribution in [0.15, 0.2) is 71.3 Å². The molecule has 0 aliphatic carbocycles. The summed E-state index contributed by atoms with van der Waals surface area (Å²) < 4.78 is 13.8. The van der Waals surface area contributed by atoms with Gasteiger partial charge in [0.2, 0.25) is 0 Å². The van der Waals surface area contributed by atoms with E-state index >= 15 is 0 Å². The van der Waals surface area contributed by atoms with Crippen LogP contribution in [0.1, 0.15) is 10.4 Å². The summed E-state index contributed by atoms with van der Waals surface area (Å²) in [5.41, 5.74) is 1.87. The Morgan fingerprint density at radius 2 is 1.58 bits per heavy atom. The summed E-state index contributed by atoms with van der Waals surface area (Å²) in [6.45, 7) is 0. The second-order valence-corrected chi connectivity index (χ2v) is 5.94. The zero-order chi connectivity index (χ0) is 16.9. The molecule has 0 unspecified atom stereocenters. The first-order valence-electron chi connectivity index (χ1n) is 7.16. The molecule has 0 aliphatic heterocycles. The number of benzene rings is 2. The molecule has 2 aromatic carbocycles. The lowest BCUT2D eigenvalue weighted by Crippen LogP contribution is -2.12. The van der Waals surface area contributed by atoms with Gasteiger partial charge in [0.05, 0.1) is 5.56 Å². The molecule has 1 amide bonds. The van der Waals surface area contributed by atoms with E-state index < -0.39 is 0 Å². The number of nitrogens with one attached hydrogen (secondary N) is 2. The number of nitrogens with zero attached hydrogens (tertiary/aromatic N) is 1. The van der Waals surface area contributed by atoms with Crippen LogP contribution in [0.25, 0.3) is 0 Å². The topological polar surface area (TPSA) is 54.0 Å². The van der Waals surface area contributed by atoms with E-state index in [-0.39, 0.29) is 11.7 Å². The molecule has 0 bridgehead atoms. The van der Waals surface area contributed by atoms with Crippen molar-refractivity contribution in [3.63, 3.8) is 0 Å². The Morgan fingerprint density at radius 1 is 0.917 bits per heavy atom. The van der Waals surface area contributed by atoms with Crippen LogP contribution in [-0.2, 0) is 0 Å². The van der Waals surface area contributed by atoms with E-state index in [9.17, 15) is 9.18 Å². The first-order valence-corrected chi connectivity index (χ1v) is 7.95. The number of hydrogen-bond donors (Lipinski definition) is 2. The lowest BCUT2D eigenvalue weighted by atomic mass is 10.2. The van der Waals surface area contributed by atoms with E-state index in [0.29, 0.717) is 17.1 Å². The first-order chi connectivity index (χ1) is 11.6. The largest absolute Gasteiger partial charge is 0.340 e. The zero-order valence-corrected chi connectivity index (χ0v) is 14.0. The molecule has 0 saturated heterocycles. The predicted octanol–water partition coefficient (Wildman–Crippen LogP) is 4.98. The highest BCUT2D eigenvalue weighted by molar-refractivity contribution is 9.10. The van der Waals surface area contributed by atoms with Crippen molar-refractivity contribution in [2.75, 3.05) is 10.6 Å². The lowest BCUT2D eigenvalue weighted by Gasteiger charge is -2.07. The predicted molar refractivity (Wildman–Crippen MR) is 96.0 cm³/mol. The van der Waals surface area contributed by atoms with Gasteiger partial charge in [-0.2, -0.15) is 0 Å². The number of pyridine rings is 1. The van der Waals surface area contributed by atoms with E-state index in [4.69, 9.17) is 0 Å². The second-order valence-electron chi connectivity index (χ2n) is 5.03. The molecular formula is C18H13BrFN3O. The Hall–Kier alpha value is -2.73. The third kappa shape index (κ3) is 4.17. The van der Waals surface area contributed by atoms with Crippen molar-refractivity contribution in [1.29, 1.82) is 0 Å². The molecule has 0 radical (unpaired) electrons. The molecule has 2 N–H and O–H groups in total. The number of halogens is 2. The summed E-state index contributed by atoms with van der Waals surface area (Å²) in [5.74, 6) is 0.0356. The van der Waals surface area contributed by atoms with Gasteiger partial charge < -0.3 is 10.6 Å². The Bertz CT molecular complexity index is 834. The molecule has 120 valence electrons. The Kier molecular flexibility index (Phi) is 4.86. The molecule has 24 heavy (non-hydrogen) atoms. The molecular weight excluding hydrogens is 373 g/mol. The smallest absolute Gasteiger partial charge is 0.257 e. The highest BCUT2D eigenvalue weighted by atomic mass is 79.9. The van der Waals surface area contributed by atoms with Crippen LogP contribution in [0.2, 0.25) is 0 Å². The summed E-state index contributed by atoms with van der Waals surface area (Å²) in [6.07, 6.45) is 1.49. The summed E-state index contributed by atoms with van der Waals surface area (Å²) in [5, 5.41) is 5.84. The van der Waals surface area contributed by atoms with E-state index in [1.807, 2.05) is 12.1 Å². The first kappa shape index (κ1) is 16.1. The van der Waals surface area contributed by atoms with Crippen LogP contribution in [0, 0.1) is 5.82 Å². The third-order valence-electron chi connectivity index (χ3n) is 3.24. The van der Waals surface area contributed by atoms with Gasteiger partial charge in [0.15, 0.2) is 0 Å². The lowest BCUT2D eigenvalue weighted by molar-refractivity contribution is 0.102.